The van der Waals surface area contributed by atoms with Gasteiger partial charge in [0, 0.05) is 40.3 Å². The zero-order chi connectivity index (χ0) is 15.8. The summed E-state index contributed by atoms with van der Waals surface area (Å²) in [6, 6.07) is 0. The predicted molar refractivity (Wildman–Crippen MR) is 80.1 cm³/mol. The second-order valence-electron chi connectivity index (χ2n) is 4.53. The molecule has 0 bridgehead atoms. The number of rotatable bonds is 4. The molecule has 1 aliphatic heterocycles. The number of hydrogen-bond acceptors (Lipinski definition) is 6. The zero-order valence-corrected chi connectivity index (χ0v) is 14.6. The fourth-order valence-electron chi connectivity index (χ4n) is 1.86. The highest BCUT2D eigenvalue weighted by Crippen LogP contribution is 2.26. The van der Waals surface area contributed by atoms with Crippen molar-refractivity contribution >= 4 is 43.2 Å². The smallest absolute Gasteiger partial charge is 0.232 e. The number of sulfonamides is 1. The van der Waals surface area contributed by atoms with Gasteiger partial charge >= 0.3 is 0 Å². The van der Waals surface area contributed by atoms with Crippen LogP contribution in [0.15, 0.2) is 10.4 Å². The molecule has 1 fully saturated rings. The van der Waals surface area contributed by atoms with Crippen LogP contribution in [0.4, 0.5) is 0 Å². The van der Waals surface area contributed by atoms with E-state index in [0.717, 1.165) is 15.6 Å². The molecule has 0 saturated carbocycles. The highest BCUT2D eigenvalue weighted by Gasteiger charge is 2.34. The van der Waals surface area contributed by atoms with Gasteiger partial charge in [-0.3, -0.25) is 0 Å². The molecule has 8 nitrogen and oxygen atoms in total. The molecule has 0 radical (unpaired) electrons. The number of hydrogen-bond donors (Lipinski definition) is 0. The molecule has 1 aliphatic rings. The maximum Gasteiger partial charge on any atom is 0.281 e. The van der Waals surface area contributed by atoms with E-state index in [1.807, 2.05) is 0 Å². The van der Waals surface area contributed by atoms with Crippen molar-refractivity contribution in [1.29, 1.82) is 0 Å². The fourth-order valence-corrected chi connectivity index (χ4v) is 5.81. The van der Waals surface area contributed by atoms with Gasteiger partial charge in [-0.05, 0) is 0 Å². The van der Waals surface area contributed by atoms with Gasteiger partial charge in [-0.2, -0.15) is 21.3 Å². The van der Waals surface area contributed by atoms with Crippen molar-refractivity contribution in [2.24, 2.45) is 0 Å². The molecule has 1 aromatic rings. The van der Waals surface area contributed by atoms with E-state index in [0.29, 0.717) is 0 Å². The lowest BCUT2D eigenvalue weighted by Gasteiger charge is -2.34. The molecule has 120 valence electrons. The number of nitrogens with zero attached hydrogens (tertiary/aromatic N) is 4. The van der Waals surface area contributed by atoms with Crippen LogP contribution in [0.25, 0.3) is 0 Å². The SMILES string of the molecule is CN(C)S(=O)(=O)N1CCN(S(=O)(=O)c2cnc(Cl)s2)CC1. The standard InChI is InChI=1S/C9H15ClN4O4S3/c1-12(2)21(17,18)14-5-3-13(4-6-14)20(15,16)8-7-11-9(10)19-8/h7H,3-6H2,1-2H3. The summed E-state index contributed by atoms with van der Waals surface area (Å²) in [7, 11) is -4.29. The van der Waals surface area contributed by atoms with Gasteiger partial charge in [0.15, 0.2) is 8.68 Å². The fraction of sp³-hybridized carbons (Fsp3) is 0.667. The van der Waals surface area contributed by atoms with Crippen molar-refractivity contribution in [2.45, 2.75) is 4.21 Å². The molecule has 0 atom stereocenters. The van der Waals surface area contributed by atoms with Gasteiger partial charge in [-0.25, -0.2) is 13.4 Å². The molecule has 2 heterocycles. The molecule has 1 aromatic heterocycles. The molecule has 0 aliphatic carbocycles. The summed E-state index contributed by atoms with van der Waals surface area (Å²) < 4.78 is 52.5. The lowest BCUT2D eigenvalue weighted by molar-refractivity contribution is 0.263. The Morgan fingerprint density at radius 2 is 1.67 bits per heavy atom. The normalized spacial score (nSPS) is 19.2. The number of halogens is 1. The Labute approximate surface area is 133 Å². The first-order valence-electron chi connectivity index (χ1n) is 5.95. The van der Waals surface area contributed by atoms with E-state index in [1.54, 1.807) is 0 Å². The van der Waals surface area contributed by atoms with Crippen LogP contribution in [0, 0.1) is 0 Å². The zero-order valence-electron chi connectivity index (χ0n) is 11.4. The summed E-state index contributed by atoms with van der Waals surface area (Å²) in [5.41, 5.74) is 0. The Morgan fingerprint density at radius 1 is 1.14 bits per heavy atom. The maximum atomic E-state index is 12.4. The van der Waals surface area contributed by atoms with Gasteiger partial charge in [0.2, 0.25) is 0 Å². The quantitative estimate of drug-likeness (QED) is 0.734. The molecule has 0 unspecified atom stereocenters. The van der Waals surface area contributed by atoms with Crippen LogP contribution in [0.3, 0.4) is 0 Å². The molecule has 0 aromatic carbocycles. The molecule has 1 saturated heterocycles. The minimum absolute atomic E-state index is 0.0661. The summed E-state index contributed by atoms with van der Waals surface area (Å²) in [5.74, 6) is 0. The number of thiazole rings is 1. The third kappa shape index (κ3) is 3.38. The van der Waals surface area contributed by atoms with Crippen LogP contribution in [0.2, 0.25) is 4.47 Å². The first-order valence-corrected chi connectivity index (χ1v) is 9.98. The van der Waals surface area contributed by atoms with Gasteiger partial charge in [0.25, 0.3) is 20.2 Å². The van der Waals surface area contributed by atoms with Gasteiger partial charge < -0.3 is 0 Å². The van der Waals surface area contributed by atoms with E-state index in [4.69, 9.17) is 11.6 Å². The van der Waals surface area contributed by atoms with Crippen LogP contribution in [0.5, 0.6) is 0 Å². The summed E-state index contributed by atoms with van der Waals surface area (Å²) in [4.78, 5) is 3.72. The predicted octanol–water partition coefficient (Wildman–Crippen LogP) is -0.0908. The van der Waals surface area contributed by atoms with Crippen LogP contribution in [0.1, 0.15) is 0 Å². The average Bonchev–Trinajstić information content (AvgIpc) is 2.86. The van der Waals surface area contributed by atoms with Gasteiger partial charge in [0.1, 0.15) is 0 Å². The lowest BCUT2D eigenvalue weighted by Crippen LogP contribution is -2.52. The molecule has 2 rings (SSSR count). The Kier molecular flexibility index (Phi) is 4.93. The van der Waals surface area contributed by atoms with Gasteiger partial charge in [-0.1, -0.05) is 22.9 Å². The summed E-state index contributed by atoms with van der Waals surface area (Å²) in [6.45, 7) is 0.439. The molecule has 0 N–H and O–H groups in total. The Morgan fingerprint density at radius 3 is 2.10 bits per heavy atom. The molecule has 12 heteroatoms. The van der Waals surface area contributed by atoms with Gasteiger partial charge in [0.05, 0.1) is 6.20 Å². The Bertz CT molecular complexity index is 707. The minimum Gasteiger partial charge on any atom is -0.232 e. The van der Waals surface area contributed by atoms with Crippen LogP contribution < -0.4 is 0 Å². The Balaban J connectivity index is 2.11. The van der Waals surface area contributed by atoms with Crippen molar-refractivity contribution in [3.8, 4) is 0 Å². The maximum absolute atomic E-state index is 12.4. The molecular weight excluding hydrogens is 360 g/mol. The van der Waals surface area contributed by atoms with Crippen LogP contribution in [-0.4, -0.2) is 75.0 Å². The molecule has 0 amide bonds. The number of aromatic nitrogens is 1. The van der Waals surface area contributed by atoms with E-state index in [1.165, 1.54) is 28.9 Å². The molecule has 0 spiro atoms. The van der Waals surface area contributed by atoms with E-state index in [-0.39, 0.29) is 34.9 Å². The first-order chi connectivity index (χ1) is 9.65. The highest BCUT2D eigenvalue weighted by molar-refractivity contribution is 7.91. The Hall–Kier alpha value is -0.300. The summed E-state index contributed by atoms with van der Waals surface area (Å²) in [6.07, 6.45) is 1.21. The number of piperazine rings is 1. The van der Waals surface area contributed by atoms with Crippen LogP contribution >= 0.6 is 22.9 Å². The summed E-state index contributed by atoms with van der Waals surface area (Å²) >= 11 is 6.54. The molecular formula is C9H15ClN4O4S3. The highest BCUT2D eigenvalue weighted by atomic mass is 35.5. The van der Waals surface area contributed by atoms with Crippen molar-refractivity contribution in [3.05, 3.63) is 10.7 Å². The second kappa shape index (κ2) is 6.07. The van der Waals surface area contributed by atoms with Crippen LogP contribution in [-0.2, 0) is 20.2 Å². The van der Waals surface area contributed by atoms with Gasteiger partial charge in [-0.15, -0.1) is 0 Å². The third-order valence-electron chi connectivity index (χ3n) is 3.04. The summed E-state index contributed by atoms with van der Waals surface area (Å²) in [5, 5.41) is 0. The van der Waals surface area contributed by atoms with Crippen molar-refractivity contribution in [1.82, 2.24) is 17.9 Å². The lowest BCUT2D eigenvalue weighted by atomic mass is 10.4. The van der Waals surface area contributed by atoms with E-state index in [9.17, 15) is 16.8 Å². The second-order valence-corrected chi connectivity index (χ2v) is 10.4. The average molecular weight is 375 g/mol. The van der Waals surface area contributed by atoms with Crippen molar-refractivity contribution in [3.63, 3.8) is 0 Å². The monoisotopic (exact) mass is 374 g/mol. The van der Waals surface area contributed by atoms with E-state index < -0.39 is 20.2 Å². The molecule has 21 heavy (non-hydrogen) atoms. The topological polar surface area (TPSA) is 90.9 Å². The van der Waals surface area contributed by atoms with Crippen molar-refractivity contribution < 1.29 is 16.8 Å². The van der Waals surface area contributed by atoms with E-state index >= 15 is 0 Å². The third-order valence-corrected chi connectivity index (χ3v) is 8.43. The van der Waals surface area contributed by atoms with Crippen molar-refractivity contribution in [2.75, 3.05) is 40.3 Å². The van der Waals surface area contributed by atoms with E-state index in [2.05, 4.69) is 4.98 Å². The first kappa shape index (κ1) is 17.1. The largest absolute Gasteiger partial charge is 0.281 e. The minimum atomic E-state index is -3.66.